The molecule has 0 aromatic heterocycles. The average Bonchev–Trinajstić information content (AvgIpc) is 2.43. The Hall–Kier alpha value is -2.55. The van der Waals surface area contributed by atoms with E-state index in [2.05, 4.69) is 5.92 Å². The van der Waals surface area contributed by atoms with Crippen molar-refractivity contribution in [3.8, 4) is 18.1 Å². The van der Waals surface area contributed by atoms with Crippen LogP contribution in [0.2, 0.25) is 0 Å². The number of terminal acetylenes is 1. The van der Waals surface area contributed by atoms with E-state index in [9.17, 15) is 14.9 Å². The summed E-state index contributed by atoms with van der Waals surface area (Å²) >= 11 is 0. The molecule has 0 fully saturated rings. The number of nitro groups is 1. The minimum atomic E-state index is -0.531. The fourth-order valence-electron chi connectivity index (χ4n) is 1.89. The van der Waals surface area contributed by atoms with E-state index < -0.39 is 17.0 Å². The SMILES string of the molecule is C#CC[C@H](OC(=O)COc1ccc([N+](=O)[O-])c(C)c1)C(C)(C)C. The fourth-order valence-corrected chi connectivity index (χ4v) is 1.89. The molecule has 0 aliphatic rings. The summed E-state index contributed by atoms with van der Waals surface area (Å²) in [6.45, 7) is 7.12. The summed E-state index contributed by atoms with van der Waals surface area (Å²) in [7, 11) is 0. The number of carbonyl (C=O) groups excluding carboxylic acids is 1. The highest BCUT2D eigenvalue weighted by Crippen LogP contribution is 2.25. The van der Waals surface area contributed by atoms with Gasteiger partial charge in [0.15, 0.2) is 6.61 Å². The van der Waals surface area contributed by atoms with E-state index in [1.165, 1.54) is 18.2 Å². The molecule has 6 nitrogen and oxygen atoms in total. The van der Waals surface area contributed by atoms with E-state index in [4.69, 9.17) is 15.9 Å². The van der Waals surface area contributed by atoms with Crippen molar-refractivity contribution in [2.45, 2.75) is 40.2 Å². The number of carbonyl (C=O) groups is 1. The quantitative estimate of drug-likeness (QED) is 0.348. The molecule has 0 saturated heterocycles. The summed E-state index contributed by atoms with van der Waals surface area (Å²) in [6, 6.07) is 4.29. The van der Waals surface area contributed by atoms with E-state index in [1.54, 1.807) is 6.92 Å². The Bertz CT molecular complexity index is 625. The second-order valence-electron chi connectivity index (χ2n) is 6.25. The lowest BCUT2D eigenvalue weighted by molar-refractivity contribution is -0.385. The molecule has 6 heteroatoms. The Morgan fingerprint density at radius 2 is 2.09 bits per heavy atom. The van der Waals surface area contributed by atoms with Gasteiger partial charge >= 0.3 is 5.97 Å². The Morgan fingerprint density at radius 1 is 1.43 bits per heavy atom. The number of benzene rings is 1. The molecule has 0 radical (unpaired) electrons. The normalized spacial score (nSPS) is 12.1. The number of aryl methyl sites for hydroxylation is 1. The third-order valence-electron chi connectivity index (χ3n) is 3.26. The van der Waals surface area contributed by atoms with E-state index in [0.717, 1.165) is 0 Å². The van der Waals surface area contributed by atoms with Crippen LogP contribution in [-0.2, 0) is 9.53 Å². The highest BCUT2D eigenvalue weighted by atomic mass is 16.6. The molecule has 1 aromatic rings. The molecular weight excluding hydrogens is 298 g/mol. The van der Waals surface area contributed by atoms with E-state index in [-0.39, 0.29) is 17.7 Å². The van der Waals surface area contributed by atoms with Gasteiger partial charge in [-0.05, 0) is 24.5 Å². The van der Waals surface area contributed by atoms with Gasteiger partial charge in [-0.1, -0.05) is 20.8 Å². The molecule has 0 heterocycles. The zero-order chi connectivity index (χ0) is 17.6. The van der Waals surface area contributed by atoms with Crippen LogP contribution in [-0.4, -0.2) is 23.6 Å². The maximum Gasteiger partial charge on any atom is 0.344 e. The summed E-state index contributed by atoms with van der Waals surface area (Å²) < 4.78 is 10.7. The number of hydrogen-bond donors (Lipinski definition) is 0. The van der Waals surface area contributed by atoms with Crippen LogP contribution in [0.4, 0.5) is 5.69 Å². The molecule has 0 aliphatic heterocycles. The van der Waals surface area contributed by atoms with Crippen molar-refractivity contribution in [3.63, 3.8) is 0 Å². The highest BCUT2D eigenvalue weighted by molar-refractivity contribution is 5.71. The second kappa shape index (κ2) is 7.63. The first-order chi connectivity index (χ1) is 10.6. The predicted molar refractivity (Wildman–Crippen MR) is 86.1 cm³/mol. The van der Waals surface area contributed by atoms with Crippen LogP contribution in [0.3, 0.4) is 0 Å². The summed E-state index contributed by atoms with van der Waals surface area (Å²) in [6.07, 6.45) is 5.22. The molecule has 0 N–H and O–H groups in total. The standard InChI is InChI=1S/C17H21NO5/c1-6-7-15(17(3,4)5)23-16(19)11-22-13-8-9-14(18(20)21)12(2)10-13/h1,8-10,15H,7,11H2,2-5H3/t15-/m0/s1. The molecule has 1 rings (SSSR count). The zero-order valence-corrected chi connectivity index (χ0v) is 13.8. The zero-order valence-electron chi connectivity index (χ0n) is 13.8. The van der Waals surface area contributed by atoms with Gasteiger partial charge in [0.1, 0.15) is 11.9 Å². The molecule has 0 saturated carbocycles. The predicted octanol–water partition coefficient (Wildman–Crippen LogP) is 3.26. The number of hydrogen-bond acceptors (Lipinski definition) is 5. The molecule has 0 spiro atoms. The van der Waals surface area contributed by atoms with Crippen molar-refractivity contribution in [3.05, 3.63) is 33.9 Å². The maximum absolute atomic E-state index is 11.9. The summed E-state index contributed by atoms with van der Waals surface area (Å²) in [5, 5.41) is 10.8. The number of nitrogens with zero attached hydrogens (tertiary/aromatic N) is 1. The van der Waals surface area contributed by atoms with Crippen LogP contribution in [0, 0.1) is 34.8 Å². The van der Waals surface area contributed by atoms with Gasteiger partial charge in [-0.15, -0.1) is 12.3 Å². The lowest BCUT2D eigenvalue weighted by atomic mass is 9.87. The van der Waals surface area contributed by atoms with Crippen molar-refractivity contribution < 1.29 is 19.2 Å². The van der Waals surface area contributed by atoms with E-state index in [1.807, 2.05) is 20.8 Å². The van der Waals surface area contributed by atoms with E-state index in [0.29, 0.717) is 17.7 Å². The van der Waals surface area contributed by atoms with Gasteiger partial charge in [0.05, 0.1) is 4.92 Å². The highest BCUT2D eigenvalue weighted by Gasteiger charge is 2.27. The first-order valence-corrected chi connectivity index (χ1v) is 7.16. The van der Waals surface area contributed by atoms with Gasteiger partial charge < -0.3 is 9.47 Å². The topological polar surface area (TPSA) is 78.7 Å². The lowest BCUT2D eigenvalue weighted by Gasteiger charge is -2.28. The van der Waals surface area contributed by atoms with Crippen LogP contribution in [0.15, 0.2) is 18.2 Å². The Labute approximate surface area is 135 Å². The van der Waals surface area contributed by atoms with Crippen molar-refractivity contribution in [1.29, 1.82) is 0 Å². The Kier molecular flexibility index (Phi) is 6.14. The molecule has 1 atom stereocenters. The minimum absolute atomic E-state index is 0.00161. The molecule has 124 valence electrons. The lowest BCUT2D eigenvalue weighted by Crippen LogP contribution is -2.33. The van der Waals surface area contributed by atoms with E-state index >= 15 is 0 Å². The van der Waals surface area contributed by atoms with Crippen LogP contribution in [0.25, 0.3) is 0 Å². The van der Waals surface area contributed by atoms with Crippen molar-refractivity contribution in [1.82, 2.24) is 0 Å². The average molecular weight is 319 g/mol. The van der Waals surface area contributed by atoms with Gasteiger partial charge in [-0.2, -0.15) is 0 Å². The van der Waals surface area contributed by atoms with Crippen LogP contribution < -0.4 is 4.74 Å². The van der Waals surface area contributed by atoms with Gasteiger partial charge in [0.25, 0.3) is 5.69 Å². The van der Waals surface area contributed by atoms with Gasteiger partial charge in [-0.25, -0.2) is 4.79 Å². The van der Waals surface area contributed by atoms with Crippen molar-refractivity contribution in [2.75, 3.05) is 6.61 Å². The summed E-state index contributed by atoms with van der Waals surface area (Å²) in [5.41, 5.74) is 0.189. The molecule has 1 aromatic carbocycles. The Balaban J connectivity index is 2.64. The van der Waals surface area contributed by atoms with Gasteiger partial charge in [-0.3, -0.25) is 10.1 Å². The Morgan fingerprint density at radius 3 is 2.57 bits per heavy atom. The third kappa shape index (κ3) is 5.62. The molecule has 0 unspecified atom stereocenters. The van der Waals surface area contributed by atoms with Gasteiger partial charge in [0.2, 0.25) is 0 Å². The second-order valence-corrected chi connectivity index (χ2v) is 6.25. The number of rotatable bonds is 6. The fraction of sp³-hybridized carbons (Fsp3) is 0.471. The molecule has 0 aliphatic carbocycles. The molecule has 0 bridgehead atoms. The monoisotopic (exact) mass is 319 g/mol. The van der Waals surface area contributed by atoms with Crippen molar-refractivity contribution in [2.24, 2.45) is 5.41 Å². The van der Waals surface area contributed by atoms with Crippen LogP contribution >= 0.6 is 0 Å². The van der Waals surface area contributed by atoms with Crippen LogP contribution in [0.5, 0.6) is 5.75 Å². The van der Waals surface area contributed by atoms with Crippen molar-refractivity contribution >= 4 is 11.7 Å². The first kappa shape index (κ1) is 18.5. The summed E-state index contributed by atoms with van der Waals surface area (Å²) in [4.78, 5) is 22.2. The van der Waals surface area contributed by atoms with Crippen LogP contribution in [0.1, 0.15) is 32.8 Å². The maximum atomic E-state index is 11.9. The largest absolute Gasteiger partial charge is 0.482 e. The molecule has 23 heavy (non-hydrogen) atoms. The third-order valence-corrected chi connectivity index (χ3v) is 3.26. The number of ether oxygens (including phenoxy) is 2. The van der Waals surface area contributed by atoms with Gasteiger partial charge in [0, 0.05) is 18.1 Å². The number of nitro benzene ring substituents is 1. The molecule has 0 amide bonds. The summed E-state index contributed by atoms with van der Waals surface area (Å²) in [5.74, 6) is 2.33. The first-order valence-electron chi connectivity index (χ1n) is 7.16. The smallest absolute Gasteiger partial charge is 0.344 e. The minimum Gasteiger partial charge on any atom is -0.482 e. The number of esters is 1. The molecular formula is C17H21NO5.